The zero-order valence-electron chi connectivity index (χ0n) is 13.8. The number of fused-ring (bicyclic) bond motifs is 5. The Bertz CT molecular complexity index is 1120. The first kappa shape index (κ1) is 16.0. The van der Waals surface area contributed by atoms with Crippen LogP contribution < -0.4 is 18.9 Å². The summed E-state index contributed by atoms with van der Waals surface area (Å²) in [6, 6.07) is 11.8. The lowest BCUT2D eigenvalue weighted by Crippen LogP contribution is -1.97. The highest BCUT2D eigenvalue weighted by molar-refractivity contribution is 6.12. The van der Waals surface area contributed by atoms with Gasteiger partial charge in [-0.15, -0.1) is 0 Å². The summed E-state index contributed by atoms with van der Waals surface area (Å²) in [6.07, 6.45) is 1.28. The van der Waals surface area contributed by atoms with Crippen LogP contribution in [0.15, 0.2) is 36.4 Å². The molecule has 0 atom stereocenters. The summed E-state index contributed by atoms with van der Waals surface area (Å²) in [6.45, 7) is 0.447. The topological polar surface area (TPSA) is 54.0 Å². The van der Waals surface area contributed by atoms with Crippen LogP contribution in [0.4, 0.5) is 0 Å². The summed E-state index contributed by atoms with van der Waals surface area (Å²) in [5.74, 6) is 3.15. The number of rotatable bonds is 1. The normalized spacial score (nSPS) is 15.8. The van der Waals surface area contributed by atoms with Crippen molar-refractivity contribution in [2.45, 2.75) is 20.3 Å². The van der Waals surface area contributed by atoms with Crippen LogP contribution in [0.3, 0.4) is 0 Å². The van der Waals surface area contributed by atoms with E-state index >= 15 is 0 Å². The van der Waals surface area contributed by atoms with Gasteiger partial charge in [0.1, 0.15) is 0 Å². The molecule has 0 unspecified atom stereocenters. The molecule has 0 radical (unpaired) electrons. The number of ether oxygens (including phenoxy) is 4. The van der Waals surface area contributed by atoms with Crippen molar-refractivity contribution < 1.29 is 23.7 Å². The highest BCUT2D eigenvalue weighted by Crippen LogP contribution is 2.49. The molecule has 0 spiro atoms. The zero-order valence-corrected chi connectivity index (χ0v) is 13.8. The van der Waals surface area contributed by atoms with Gasteiger partial charge in [0.15, 0.2) is 28.8 Å². The summed E-state index contributed by atoms with van der Waals surface area (Å²) in [5, 5.41) is 1.98. The van der Waals surface area contributed by atoms with E-state index < -0.39 is 0 Å². The Morgan fingerprint density at radius 3 is 2.48 bits per heavy atom. The first-order valence-corrected chi connectivity index (χ1v) is 8.61. The van der Waals surface area contributed by atoms with Gasteiger partial charge in [-0.2, -0.15) is 0 Å². The van der Waals surface area contributed by atoms with Crippen LogP contribution >= 0.6 is 0 Å². The average molecular weight is 362 g/mol. The van der Waals surface area contributed by atoms with Crippen molar-refractivity contribution in [2.75, 3.05) is 13.6 Å². The maximum Gasteiger partial charge on any atom is 0.231 e. The third-order valence-electron chi connectivity index (χ3n) is 5.31. The van der Waals surface area contributed by atoms with Gasteiger partial charge >= 0.3 is 0 Å². The Hall–Kier alpha value is -3.21. The predicted octanol–water partition coefficient (Wildman–Crippen LogP) is 4.73. The summed E-state index contributed by atoms with van der Waals surface area (Å²) >= 11 is 0. The molecule has 5 heteroatoms. The molecule has 1 aliphatic carbocycles. The summed E-state index contributed by atoms with van der Waals surface area (Å²) in [4.78, 5) is 12.4. The molecular weight excluding hydrogens is 344 g/mol. The summed E-state index contributed by atoms with van der Waals surface area (Å²) in [5.41, 5.74) is 3.91. The molecule has 0 fully saturated rings. The van der Waals surface area contributed by atoms with Crippen LogP contribution in [0.2, 0.25) is 0 Å². The minimum absolute atomic E-state index is 0. The fourth-order valence-corrected chi connectivity index (χ4v) is 4.15. The molecule has 136 valence electrons. The number of carbonyl (C=O) groups excluding carboxylic acids is 1. The SMILES string of the molecule is C.O=C1CCc2c1cc1ccc3c(c1c2-c1ccc2c(c1)OCO2)OCO3. The minimum atomic E-state index is 0. The second kappa shape index (κ2) is 5.64. The molecule has 0 saturated carbocycles. The molecule has 3 aromatic rings. The molecule has 27 heavy (non-hydrogen) atoms. The first-order chi connectivity index (χ1) is 12.8. The predicted molar refractivity (Wildman–Crippen MR) is 101 cm³/mol. The largest absolute Gasteiger partial charge is 0.454 e. The highest BCUT2D eigenvalue weighted by Gasteiger charge is 2.29. The summed E-state index contributed by atoms with van der Waals surface area (Å²) < 4.78 is 22.4. The van der Waals surface area contributed by atoms with Crippen molar-refractivity contribution in [3.05, 3.63) is 47.5 Å². The number of hydrogen-bond acceptors (Lipinski definition) is 5. The van der Waals surface area contributed by atoms with Crippen molar-refractivity contribution >= 4 is 16.6 Å². The Morgan fingerprint density at radius 1 is 0.778 bits per heavy atom. The zero-order chi connectivity index (χ0) is 17.3. The van der Waals surface area contributed by atoms with Crippen molar-refractivity contribution in [3.8, 4) is 34.1 Å². The third-order valence-corrected chi connectivity index (χ3v) is 5.31. The molecule has 3 aromatic carbocycles. The summed E-state index contributed by atoms with van der Waals surface area (Å²) in [7, 11) is 0. The molecule has 2 aliphatic heterocycles. The Kier molecular flexibility index (Phi) is 3.34. The molecule has 0 saturated heterocycles. The van der Waals surface area contributed by atoms with Crippen molar-refractivity contribution in [1.29, 1.82) is 0 Å². The smallest absolute Gasteiger partial charge is 0.231 e. The van der Waals surface area contributed by atoms with Crippen molar-refractivity contribution in [2.24, 2.45) is 0 Å². The van der Waals surface area contributed by atoms with Gasteiger partial charge in [-0.25, -0.2) is 0 Å². The molecular formula is C22H18O5. The number of ketones is 1. The molecule has 0 aromatic heterocycles. The lowest BCUT2D eigenvalue weighted by Gasteiger charge is -2.15. The third kappa shape index (κ3) is 2.14. The van der Waals surface area contributed by atoms with Crippen molar-refractivity contribution in [1.82, 2.24) is 0 Å². The number of Topliss-reactive ketones (excluding diaryl/α,β-unsaturated/α-hetero) is 1. The number of benzene rings is 3. The Balaban J connectivity index is 0.00000160. The van der Waals surface area contributed by atoms with E-state index in [0.29, 0.717) is 6.42 Å². The molecule has 3 aliphatic rings. The van der Waals surface area contributed by atoms with Crippen LogP contribution in [-0.2, 0) is 6.42 Å². The molecule has 6 rings (SSSR count). The van der Waals surface area contributed by atoms with Gasteiger partial charge in [0.25, 0.3) is 0 Å². The maximum absolute atomic E-state index is 12.4. The van der Waals surface area contributed by atoms with Gasteiger partial charge in [0.05, 0.1) is 0 Å². The molecule has 0 amide bonds. The van der Waals surface area contributed by atoms with E-state index in [0.717, 1.165) is 62.4 Å². The molecule has 5 nitrogen and oxygen atoms in total. The lowest BCUT2D eigenvalue weighted by atomic mass is 9.90. The van der Waals surface area contributed by atoms with Gasteiger partial charge in [0, 0.05) is 17.4 Å². The number of carbonyl (C=O) groups is 1. The average Bonchev–Trinajstić information content (AvgIpc) is 3.39. The van der Waals surface area contributed by atoms with E-state index in [2.05, 4.69) is 0 Å². The fourth-order valence-electron chi connectivity index (χ4n) is 4.15. The Labute approximate surface area is 156 Å². The van der Waals surface area contributed by atoms with Gasteiger partial charge in [-0.3, -0.25) is 4.79 Å². The van der Waals surface area contributed by atoms with Gasteiger partial charge in [-0.05, 0) is 52.8 Å². The van der Waals surface area contributed by atoms with E-state index in [1.807, 2.05) is 36.4 Å². The van der Waals surface area contributed by atoms with Crippen LogP contribution in [0.5, 0.6) is 23.0 Å². The van der Waals surface area contributed by atoms with E-state index in [9.17, 15) is 4.79 Å². The van der Waals surface area contributed by atoms with Gasteiger partial charge < -0.3 is 18.9 Å². The second-order valence-corrected chi connectivity index (χ2v) is 6.67. The molecule has 0 bridgehead atoms. The number of hydrogen-bond donors (Lipinski definition) is 0. The molecule has 0 N–H and O–H groups in total. The monoisotopic (exact) mass is 362 g/mol. The molecule has 2 heterocycles. The fraction of sp³-hybridized carbons (Fsp3) is 0.227. The Morgan fingerprint density at radius 2 is 1.56 bits per heavy atom. The van der Waals surface area contributed by atoms with Crippen LogP contribution in [0, 0.1) is 0 Å². The van der Waals surface area contributed by atoms with E-state index in [4.69, 9.17) is 18.9 Å². The maximum atomic E-state index is 12.4. The highest BCUT2D eigenvalue weighted by atomic mass is 16.7. The first-order valence-electron chi connectivity index (χ1n) is 8.61. The van der Waals surface area contributed by atoms with E-state index in [-0.39, 0.29) is 26.8 Å². The minimum Gasteiger partial charge on any atom is -0.454 e. The van der Waals surface area contributed by atoms with E-state index in [1.165, 1.54) is 0 Å². The van der Waals surface area contributed by atoms with Crippen LogP contribution in [0.1, 0.15) is 29.8 Å². The standard InChI is InChI=1S/C21H14O5.CH4/c22-15-4-3-13-14(15)7-11-2-6-17-21(26-10-24-17)20(11)19(13)12-1-5-16-18(8-12)25-9-23-16;/h1-2,5-8H,3-4,9-10H2;1H4. The van der Waals surface area contributed by atoms with Crippen molar-refractivity contribution in [3.63, 3.8) is 0 Å². The second-order valence-electron chi connectivity index (χ2n) is 6.67. The van der Waals surface area contributed by atoms with Crippen LogP contribution in [-0.4, -0.2) is 19.4 Å². The van der Waals surface area contributed by atoms with Gasteiger partial charge in [0.2, 0.25) is 13.6 Å². The van der Waals surface area contributed by atoms with Gasteiger partial charge in [-0.1, -0.05) is 19.6 Å². The quantitative estimate of drug-likeness (QED) is 0.626. The van der Waals surface area contributed by atoms with Crippen LogP contribution in [0.25, 0.3) is 21.9 Å². The lowest BCUT2D eigenvalue weighted by molar-refractivity contribution is 0.0994. The van der Waals surface area contributed by atoms with E-state index in [1.54, 1.807) is 0 Å².